The summed E-state index contributed by atoms with van der Waals surface area (Å²) in [6, 6.07) is 17.9. The lowest BCUT2D eigenvalue weighted by atomic mass is 10.2. The number of carbonyl (C=O) groups excluding carboxylic acids is 1. The molecule has 4 rings (SSSR count). The van der Waals surface area contributed by atoms with Crippen molar-refractivity contribution >= 4 is 63.2 Å². The predicted octanol–water partition coefficient (Wildman–Crippen LogP) is 6.24. The Labute approximate surface area is 188 Å². The second-order valence-corrected chi connectivity index (χ2v) is 7.83. The van der Waals surface area contributed by atoms with Crippen molar-refractivity contribution in [1.29, 1.82) is 0 Å². The summed E-state index contributed by atoms with van der Waals surface area (Å²) in [4.78, 5) is 16.8. The molecule has 0 atom stereocenters. The zero-order valence-corrected chi connectivity index (χ0v) is 18.0. The number of benzene rings is 3. The van der Waals surface area contributed by atoms with Gasteiger partial charge in [0.15, 0.2) is 10.7 Å². The summed E-state index contributed by atoms with van der Waals surface area (Å²) < 4.78 is 5.84. The van der Waals surface area contributed by atoms with Crippen LogP contribution >= 0.6 is 35.4 Å². The molecule has 2 N–H and O–H groups in total. The number of oxazole rings is 1. The number of thiocarbonyl (C=S) groups is 1. The van der Waals surface area contributed by atoms with Gasteiger partial charge in [-0.25, -0.2) is 4.98 Å². The summed E-state index contributed by atoms with van der Waals surface area (Å²) in [6.45, 7) is 2.01. The summed E-state index contributed by atoms with van der Waals surface area (Å²) in [6.07, 6.45) is 0. The minimum Gasteiger partial charge on any atom is -0.436 e. The SMILES string of the molecule is Cc1ccc2nc(-c3ccc(NC(=S)NC(=O)c4ccc(Cl)c(Cl)c4)cc3)oc2c1. The number of aryl methyl sites for hydroxylation is 1. The largest absolute Gasteiger partial charge is 0.436 e. The maximum absolute atomic E-state index is 12.3. The second-order valence-electron chi connectivity index (χ2n) is 6.60. The van der Waals surface area contributed by atoms with Gasteiger partial charge in [0.25, 0.3) is 5.91 Å². The molecule has 0 aliphatic rings. The summed E-state index contributed by atoms with van der Waals surface area (Å²) >= 11 is 17.0. The number of amides is 1. The van der Waals surface area contributed by atoms with Crippen molar-refractivity contribution in [3.8, 4) is 11.5 Å². The Morgan fingerprint density at radius 2 is 1.77 bits per heavy atom. The quantitative estimate of drug-likeness (QED) is 0.358. The van der Waals surface area contributed by atoms with Crippen LogP contribution in [0.4, 0.5) is 5.69 Å². The first-order valence-corrected chi connectivity index (χ1v) is 10.1. The minimum absolute atomic E-state index is 0.163. The summed E-state index contributed by atoms with van der Waals surface area (Å²) in [5, 5.41) is 6.42. The van der Waals surface area contributed by atoms with Gasteiger partial charge in [-0.15, -0.1) is 0 Å². The molecule has 0 radical (unpaired) electrons. The molecule has 0 saturated carbocycles. The van der Waals surface area contributed by atoms with Gasteiger partial charge in [-0.2, -0.15) is 0 Å². The zero-order chi connectivity index (χ0) is 21.3. The standard InChI is InChI=1S/C22H15Cl2N3O2S/c1-12-2-9-18-19(10-12)29-21(26-18)13-3-6-15(7-4-13)25-22(30)27-20(28)14-5-8-16(23)17(24)11-14/h2-11H,1H3,(H2,25,27,28,30). The highest BCUT2D eigenvalue weighted by Gasteiger charge is 2.11. The first kappa shape index (κ1) is 20.3. The lowest BCUT2D eigenvalue weighted by molar-refractivity contribution is 0.0977. The van der Waals surface area contributed by atoms with E-state index in [-0.39, 0.29) is 11.0 Å². The highest BCUT2D eigenvalue weighted by Crippen LogP contribution is 2.26. The number of hydrogen-bond acceptors (Lipinski definition) is 4. The number of halogens is 2. The molecule has 0 bridgehead atoms. The Morgan fingerprint density at radius 1 is 1.00 bits per heavy atom. The molecule has 0 aliphatic carbocycles. The fraction of sp³-hybridized carbons (Fsp3) is 0.0455. The summed E-state index contributed by atoms with van der Waals surface area (Å²) in [7, 11) is 0. The molecule has 0 unspecified atom stereocenters. The minimum atomic E-state index is -0.385. The lowest BCUT2D eigenvalue weighted by Crippen LogP contribution is -2.34. The van der Waals surface area contributed by atoms with Crippen LogP contribution in [0, 0.1) is 6.92 Å². The van der Waals surface area contributed by atoms with Gasteiger partial charge in [-0.05, 0) is 79.3 Å². The fourth-order valence-electron chi connectivity index (χ4n) is 2.83. The normalized spacial score (nSPS) is 10.8. The van der Waals surface area contributed by atoms with E-state index in [9.17, 15) is 4.79 Å². The Bertz CT molecular complexity index is 1270. The number of nitrogens with one attached hydrogen (secondary N) is 2. The number of anilines is 1. The van der Waals surface area contributed by atoms with Crippen LogP contribution < -0.4 is 10.6 Å². The van der Waals surface area contributed by atoms with Crippen LogP contribution in [0.5, 0.6) is 0 Å². The van der Waals surface area contributed by atoms with Gasteiger partial charge in [0, 0.05) is 16.8 Å². The Hall–Kier alpha value is -2.93. The van der Waals surface area contributed by atoms with E-state index < -0.39 is 0 Å². The molecule has 8 heteroatoms. The van der Waals surface area contributed by atoms with Crippen molar-refractivity contribution in [3.05, 3.63) is 81.8 Å². The molecular formula is C22H15Cl2N3O2S. The molecule has 4 aromatic rings. The van der Waals surface area contributed by atoms with Crippen LogP contribution in [0.25, 0.3) is 22.6 Å². The van der Waals surface area contributed by atoms with Crippen LogP contribution in [0.3, 0.4) is 0 Å². The third-order valence-electron chi connectivity index (χ3n) is 4.34. The number of hydrogen-bond donors (Lipinski definition) is 2. The average Bonchev–Trinajstić information content (AvgIpc) is 3.13. The third-order valence-corrected chi connectivity index (χ3v) is 5.29. The number of fused-ring (bicyclic) bond motifs is 1. The summed E-state index contributed by atoms with van der Waals surface area (Å²) in [5.41, 5.74) is 4.57. The molecule has 30 heavy (non-hydrogen) atoms. The van der Waals surface area contributed by atoms with Gasteiger partial charge in [0.05, 0.1) is 10.0 Å². The predicted molar refractivity (Wildman–Crippen MR) is 124 cm³/mol. The van der Waals surface area contributed by atoms with E-state index in [1.165, 1.54) is 6.07 Å². The van der Waals surface area contributed by atoms with E-state index in [1.807, 2.05) is 49.4 Å². The number of rotatable bonds is 3. The van der Waals surface area contributed by atoms with Gasteiger partial charge < -0.3 is 9.73 Å². The van der Waals surface area contributed by atoms with Crippen molar-refractivity contribution in [3.63, 3.8) is 0 Å². The Balaban J connectivity index is 1.42. The van der Waals surface area contributed by atoms with Gasteiger partial charge in [0.1, 0.15) is 5.52 Å². The maximum Gasteiger partial charge on any atom is 0.257 e. The van der Waals surface area contributed by atoms with Gasteiger partial charge >= 0.3 is 0 Å². The van der Waals surface area contributed by atoms with Crippen molar-refractivity contribution in [2.75, 3.05) is 5.32 Å². The lowest BCUT2D eigenvalue weighted by Gasteiger charge is -2.10. The van der Waals surface area contributed by atoms with Crippen LogP contribution in [0.1, 0.15) is 15.9 Å². The van der Waals surface area contributed by atoms with E-state index >= 15 is 0 Å². The van der Waals surface area contributed by atoms with Gasteiger partial charge in [-0.3, -0.25) is 10.1 Å². The van der Waals surface area contributed by atoms with Crippen molar-refractivity contribution in [1.82, 2.24) is 10.3 Å². The van der Waals surface area contributed by atoms with E-state index in [1.54, 1.807) is 12.1 Å². The molecule has 1 amide bonds. The number of carbonyl (C=O) groups is 1. The molecule has 150 valence electrons. The molecular weight excluding hydrogens is 441 g/mol. The Kier molecular flexibility index (Phi) is 5.72. The van der Waals surface area contributed by atoms with E-state index in [4.69, 9.17) is 39.8 Å². The number of nitrogens with zero attached hydrogens (tertiary/aromatic N) is 1. The van der Waals surface area contributed by atoms with Crippen molar-refractivity contribution in [2.45, 2.75) is 6.92 Å². The van der Waals surface area contributed by atoms with Crippen LogP contribution in [0.2, 0.25) is 10.0 Å². The van der Waals surface area contributed by atoms with Gasteiger partial charge in [-0.1, -0.05) is 29.3 Å². The molecule has 5 nitrogen and oxygen atoms in total. The second kappa shape index (κ2) is 8.44. The first-order valence-electron chi connectivity index (χ1n) is 8.94. The fourth-order valence-corrected chi connectivity index (χ4v) is 3.34. The molecule has 1 aromatic heterocycles. The zero-order valence-electron chi connectivity index (χ0n) is 15.7. The van der Waals surface area contributed by atoms with Crippen LogP contribution in [-0.2, 0) is 0 Å². The Morgan fingerprint density at radius 3 is 2.50 bits per heavy atom. The molecule has 0 fully saturated rings. The van der Waals surface area contributed by atoms with Crippen molar-refractivity contribution < 1.29 is 9.21 Å². The maximum atomic E-state index is 12.3. The van der Waals surface area contributed by atoms with Gasteiger partial charge in [0.2, 0.25) is 5.89 Å². The smallest absolute Gasteiger partial charge is 0.257 e. The molecule has 0 saturated heterocycles. The topological polar surface area (TPSA) is 67.2 Å². The monoisotopic (exact) mass is 455 g/mol. The molecule has 0 aliphatic heterocycles. The highest BCUT2D eigenvalue weighted by molar-refractivity contribution is 7.80. The molecule has 3 aromatic carbocycles. The highest BCUT2D eigenvalue weighted by atomic mass is 35.5. The van der Waals surface area contributed by atoms with E-state index in [2.05, 4.69) is 15.6 Å². The van der Waals surface area contributed by atoms with E-state index in [0.717, 1.165) is 22.2 Å². The number of aromatic nitrogens is 1. The average molecular weight is 456 g/mol. The molecule has 0 spiro atoms. The summed E-state index contributed by atoms with van der Waals surface area (Å²) in [5.74, 6) is 0.155. The van der Waals surface area contributed by atoms with Crippen LogP contribution in [-0.4, -0.2) is 16.0 Å². The molecule has 1 heterocycles. The van der Waals surface area contributed by atoms with E-state index in [0.29, 0.717) is 27.2 Å². The van der Waals surface area contributed by atoms with Crippen LogP contribution in [0.15, 0.2) is 65.1 Å². The first-order chi connectivity index (χ1) is 14.4. The third kappa shape index (κ3) is 4.46. The van der Waals surface area contributed by atoms with Crippen molar-refractivity contribution in [2.24, 2.45) is 0 Å².